The van der Waals surface area contributed by atoms with Crippen LogP contribution in [-0.4, -0.2) is 22.8 Å². The summed E-state index contributed by atoms with van der Waals surface area (Å²) in [6.07, 6.45) is 0. The van der Waals surface area contributed by atoms with Gasteiger partial charge in [-0.25, -0.2) is 0 Å². The van der Waals surface area contributed by atoms with E-state index in [-0.39, 0.29) is 0 Å². The zero-order valence-electron chi connectivity index (χ0n) is 67.5. The normalized spacial score (nSPS) is 12.2. The molecule has 0 aliphatic rings. The van der Waals surface area contributed by atoms with E-state index in [1.165, 1.54) is 92.3 Å². The highest BCUT2D eigenvalue weighted by atomic mass is 16.3. The van der Waals surface area contributed by atoms with Crippen molar-refractivity contribution in [2.75, 3.05) is 0 Å². The third-order valence-corrected chi connectivity index (χ3v) is 26.7. The van der Waals surface area contributed by atoms with Gasteiger partial charge in [-0.15, -0.1) is 0 Å². The number of hydrogen-bond donors (Lipinski definition) is 0. The van der Waals surface area contributed by atoms with E-state index in [2.05, 4.69) is 454 Å². The number of hydrogen-bond acceptors (Lipinski definition) is 2. The van der Waals surface area contributed by atoms with Gasteiger partial charge in [-0.3, -0.25) is 0 Å². The molecule has 7 aromatic heterocycles. The van der Waals surface area contributed by atoms with E-state index in [1.807, 2.05) is 0 Å². The van der Waals surface area contributed by atoms with Gasteiger partial charge in [0.2, 0.25) is 0 Å². The molecular weight excluding hydrogens is 1520 g/mol. The Labute approximate surface area is 716 Å². The average Bonchev–Trinajstić information content (AvgIpc) is 1.57. The summed E-state index contributed by atoms with van der Waals surface area (Å²) in [4.78, 5) is 0. The van der Waals surface area contributed by atoms with Crippen LogP contribution >= 0.6 is 0 Å². The topological polar surface area (TPSA) is 50.9 Å². The summed E-state index contributed by atoms with van der Waals surface area (Å²) in [5.74, 6) is 0. The van der Waals surface area contributed by atoms with Crippen LogP contribution in [0.4, 0.5) is 0 Å². The van der Waals surface area contributed by atoms with Crippen LogP contribution in [0.5, 0.6) is 0 Å². The number of furan rings is 2. The van der Waals surface area contributed by atoms with E-state index in [1.54, 1.807) is 0 Å². The Hall–Kier alpha value is -16.7. The van der Waals surface area contributed by atoms with Crippen molar-refractivity contribution < 1.29 is 8.83 Å². The predicted molar refractivity (Wildman–Crippen MR) is 523 cm³/mol. The lowest BCUT2D eigenvalue weighted by atomic mass is 9.93. The fourth-order valence-electron chi connectivity index (χ4n) is 21.2. The van der Waals surface area contributed by atoms with Crippen molar-refractivity contribution in [1.29, 1.82) is 0 Å². The van der Waals surface area contributed by atoms with Crippen LogP contribution in [-0.2, 0) is 0 Å². The molecule has 0 atom stereocenters. The first-order valence-corrected chi connectivity index (χ1v) is 42.9. The fourth-order valence-corrected chi connectivity index (χ4v) is 21.2. The summed E-state index contributed by atoms with van der Waals surface area (Å²) in [6.45, 7) is 0. The zero-order valence-corrected chi connectivity index (χ0v) is 67.5. The third kappa shape index (κ3) is 10.4. The number of nitrogens with zero attached hydrogens (tertiary/aromatic N) is 5. The molecule has 0 radical (unpaired) electrons. The Morgan fingerprint density at radius 2 is 0.424 bits per heavy atom. The molecule has 0 amide bonds. The van der Waals surface area contributed by atoms with Crippen molar-refractivity contribution in [2.24, 2.45) is 0 Å². The summed E-state index contributed by atoms with van der Waals surface area (Å²) in [5, 5.41) is 18.7. The lowest BCUT2D eigenvalue weighted by Gasteiger charge is -2.12. The summed E-state index contributed by atoms with van der Waals surface area (Å²) < 4.78 is 25.8. The Morgan fingerprint density at radius 1 is 0.128 bits per heavy atom. The van der Waals surface area contributed by atoms with Crippen molar-refractivity contribution in [3.05, 3.63) is 431 Å². The van der Waals surface area contributed by atoms with Gasteiger partial charge < -0.3 is 31.7 Å². The maximum absolute atomic E-state index is 6.94. The molecule has 7 nitrogen and oxygen atoms in total. The van der Waals surface area contributed by atoms with Crippen LogP contribution in [0.15, 0.2) is 440 Å². The smallest absolute Gasteiger partial charge is 0.136 e. The quantitative estimate of drug-likeness (QED) is 0.130. The SMILES string of the molecule is c1ccc(-n2c3ccc(-c4ccc5oc6cccc(-c7cccc8c7c7ccc(-c9cccc%10c9ccc9c%10c%10cc(-c%11ccc%12oc%13cccc(-c%14ccc%15c(c%14)c%14ccccc%14n%15-c%14ccccc%14)c%13c%12c%11)ccc%10n9-c9ccccc9)cc7n8-c7ccccc7)c6c5c4)cc3c3cc(-c4ccc5c6ccccc6n(-c6ccccc6)c5c4)ccc32)cc1. The third-order valence-electron chi connectivity index (χ3n) is 26.7. The van der Waals surface area contributed by atoms with E-state index in [9.17, 15) is 0 Å². The monoisotopic (exact) mass is 1590 g/mol. The van der Waals surface area contributed by atoms with Gasteiger partial charge in [0.15, 0.2) is 0 Å². The van der Waals surface area contributed by atoms with Crippen LogP contribution in [0, 0.1) is 0 Å². The molecule has 20 aromatic carbocycles. The second-order valence-corrected chi connectivity index (χ2v) is 33.3. The molecular formula is C118H71N5O2. The van der Waals surface area contributed by atoms with E-state index in [4.69, 9.17) is 8.83 Å². The molecule has 27 aromatic rings. The minimum absolute atomic E-state index is 0.845. The van der Waals surface area contributed by atoms with E-state index >= 15 is 0 Å². The van der Waals surface area contributed by atoms with Crippen LogP contribution < -0.4 is 0 Å². The van der Waals surface area contributed by atoms with Gasteiger partial charge in [-0.1, -0.05) is 249 Å². The molecule has 0 saturated carbocycles. The Morgan fingerprint density at radius 3 is 0.984 bits per heavy atom. The average molecular weight is 1590 g/mol. The molecule has 580 valence electrons. The largest absolute Gasteiger partial charge is 0.456 e. The van der Waals surface area contributed by atoms with E-state index in [0.29, 0.717) is 0 Å². The van der Waals surface area contributed by atoms with Crippen LogP contribution in [0.2, 0.25) is 0 Å². The van der Waals surface area contributed by atoms with Crippen LogP contribution in [0.3, 0.4) is 0 Å². The second kappa shape index (κ2) is 26.9. The highest BCUT2D eigenvalue weighted by Crippen LogP contribution is 2.50. The van der Waals surface area contributed by atoms with Crippen molar-refractivity contribution in [1.82, 2.24) is 22.8 Å². The molecule has 0 fully saturated rings. The van der Waals surface area contributed by atoms with E-state index in [0.717, 1.165) is 167 Å². The number of benzene rings is 20. The van der Waals surface area contributed by atoms with Gasteiger partial charge in [-0.05, 0) is 260 Å². The first-order chi connectivity index (χ1) is 62.0. The number of rotatable bonds is 11. The molecule has 27 rings (SSSR count). The molecule has 7 heteroatoms. The lowest BCUT2D eigenvalue weighted by Crippen LogP contribution is -1.94. The molecule has 0 saturated heterocycles. The number of aromatic nitrogens is 5. The number of fused-ring (bicyclic) bond motifs is 23. The highest BCUT2D eigenvalue weighted by Gasteiger charge is 2.26. The summed E-state index contributed by atoms with van der Waals surface area (Å²) in [7, 11) is 0. The van der Waals surface area contributed by atoms with Gasteiger partial charge in [0.25, 0.3) is 0 Å². The molecule has 0 aliphatic carbocycles. The summed E-state index contributed by atoms with van der Waals surface area (Å²) in [6, 6.07) is 159. The van der Waals surface area contributed by atoms with Crippen molar-refractivity contribution in [3.8, 4) is 95.2 Å². The fraction of sp³-hybridized carbons (Fsp3) is 0. The maximum Gasteiger partial charge on any atom is 0.136 e. The highest BCUT2D eigenvalue weighted by molar-refractivity contribution is 6.26. The lowest BCUT2D eigenvalue weighted by molar-refractivity contribution is 0.668. The molecule has 0 bridgehead atoms. The predicted octanol–water partition coefficient (Wildman–Crippen LogP) is 32.1. The molecule has 0 unspecified atom stereocenters. The van der Waals surface area contributed by atoms with Crippen molar-refractivity contribution in [3.63, 3.8) is 0 Å². The molecule has 125 heavy (non-hydrogen) atoms. The van der Waals surface area contributed by atoms with Gasteiger partial charge >= 0.3 is 0 Å². The van der Waals surface area contributed by atoms with Crippen molar-refractivity contribution >= 4 is 164 Å². The zero-order chi connectivity index (χ0) is 81.6. The van der Waals surface area contributed by atoms with Gasteiger partial charge in [-0.2, -0.15) is 0 Å². The maximum atomic E-state index is 6.94. The summed E-state index contributed by atoms with van der Waals surface area (Å²) in [5.41, 5.74) is 34.3. The standard InChI is InChI=1S/C118H71N5O2/c1-6-24-80(25-7-1)119-102-42-19-17-35-89(102)95-69-78(51-60-103(95)119)86-37-22-44-113-117(86)99-67-76(53-62-111(99)124-113)74-50-59-106-98(66-74)116-91-38-20-36-85(87(91)56-61-108(116)121(106)82-28-10-3-11-29-82)79-47-55-94-110(71-79)123(84-32-14-5-15-33-84)107-43-21-39-92(115(94)107)93-40-23-45-114-118(93)100-68-75(52-63-112(100)125-114)72-48-57-104-96(64-72)97-65-73(49-58-105(97)120(104)81-26-8-2-9-27-81)77-46-54-90-88-34-16-18-41-101(88)122(109(90)70-77)83-30-12-4-13-31-83/h1-71H. The minimum atomic E-state index is 0.845. The Bertz CT molecular complexity index is 9210. The Balaban J connectivity index is 0.584. The van der Waals surface area contributed by atoms with E-state index < -0.39 is 0 Å². The van der Waals surface area contributed by atoms with Gasteiger partial charge in [0.1, 0.15) is 22.3 Å². The van der Waals surface area contributed by atoms with Crippen LogP contribution in [0.25, 0.3) is 259 Å². The molecule has 0 spiro atoms. The first kappa shape index (κ1) is 69.1. The Kier molecular flexibility index (Phi) is 14.9. The van der Waals surface area contributed by atoms with Gasteiger partial charge in [0.05, 0.1) is 55.2 Å². The molecule has 0 aliphatic heterocycles. The summed E-state index contributed by atoms with van der Waals surface area (Å²) >= 11 is 0. The van der Waals surface area contributed by atoms with Gasteiger partial charge in [0, 0.05) is 104 Å². The van der Waals surface area contributed by atoms with Crippen molar-refractivity contribution in [2.45, 2.75) is 0 Å². The molecule has 7 heterocycles. The minimum Gasteiger partial charge on any atom is -0.456 e. The second-order valence-electron chi connectivity index (χ2n) is 33.3. The van der Waals surface area contributed by atoms with Crippen LogP contribution in [0.1, 0.15) is 0 Å². The number of para-hydroxylation sites is 7. The molecule has 0 N–H and O–H groups in total. The first-order valence-electron chi connectivity index (χ1n) is 42.9.